The molecule has 0 saturated heterocycles. The third-order valence-electron chi connectivity index (χ3n) is 4.25. The van der Waals surface area contributed by atoms with Crippen molar-refractivity contribution in [2.75, 3.05) is 20.3 Å². The number of nitro groups is 1. The largest absolute Gasteiger partial charge is 0.497 e. The van der Waals surface area contributed by atoms with E-state index in [2.05, 4.69) is 15.4 Å². The monoisotopic (exact) mass is 453 g/mol. The van der Waals surface area contributed by atoms with Crippen molar-refractivity contribution in [3.05, 3.63) is 75.5 Å². The number of esters is 1. The minimum Gasteiger partial charge on any atom is -0.497 e. The fourth-order valence-corrected chi connectivity index (χ4v) is 2.59. The molecule has 33 heavy (non-hydrogen) atoms. The van der Waals surface area contributed by atoms with Crippen LogP contribution in [0.15, 0.2) is 53.6 Å². The van der Waals surface area contributed by atoms with Crippen LogP contribution in [0.4, 0.5) is 5.69 Å². The summed E-state index contributed by atoms with van der Waals surface area (Å²) >= 11 is 0. The molecule has 0 atom stereocenters. The van der Waals surface area contributed by atoms with Crippen molar-refractivity contribution in [3.63, 3.8) is 0 Å². The molecular formula is C21H19N5O7. The first-order chi connectivity index (χ1) is 15.9. The molecule has 3 aromatic rings. The van der Waals surface area contributed by atoms with Gasteiger partial charge in [0.25, 0.3) is 11.6 Å². The maximum absolute atomic E-state index is 12.5. The van der Waals surface area contributed by atoms with E-state index in [9.17, 15) is 19.7 Å². The van der Waals surface area contributed by atoms with Crippen LogP contribution in [0.2, 0.25) is 0 Å². The van der Waals surface area contributed by atoms with E-state index in [1.54, 1.807) is 31.2 Å². The highest BCUT2D eigenvalue weighted by Gasteiger charge is 2.24. The molecule has 0 aliphatic carbocycles. The standard InChI is InChI=1S/C21H19N5O7/c1-3-32-21(28)19-20(33-13-18(27)15-6-10-17(31-2)11-7-15)25(24-23-19)22-12-14-4-8-16(9-5-14)26(29)30/h4-12H,3,13H2,1-2H3. The second-order valence-corrected chi connectivity index (χ2v) is 6.39. The van der Waals surface area contributed by atoms with Crippen LogP contribution >= 0.6 is 0 Å². The van der Waals surface area contributed by atoms with Gasteiger partial charge in [0, 0.05) is 17.7 Å². The minimum atomic E-state index is -0.791. The molecule has 0 N–H and O–H groups in total. The maximum atomic E-state index is 12.5. The Kier molecular flexibility index (Phi) is 7.42. The first-order valence-electron chi connectivity index (χ1n) is 9.64. The Morgan fingerprint density at radius 3 is 2.45 bits per heavy atom. The molecule has 0 radical (unpaired) electrons. The van der Waals surface area contributed by atoms with Crippen molar-refractivity contribution >= 4 is 23.7 Å². The Labute approximate surface area is 187 Å². The van der Waals surface area contributed by atoms with Crippen LogP contribution in [0.1, 0.15) is 33.3 Å². The van der Waals surface area contributed by atoms with Crippen LogP contribution in [0, 0.1) is 10.1 Å². The van der Waals surface area contributed by atoms with Crippen molar-refractivity contribution in [3.8, 4) is 11.6 Å². The third-order valence-corrected chi connectivity index (χ3v) is 4.25. The number of Topliss-reactive ketones (excluding diaryl/α,β-unsaturated/α-hetero) is 1. The van der Waals surface area contributed by atoms with Crippen molar-refractivity contribution in [2.24, 2.45) is 5.10 Å². The van der Waals surface area contributed by atoms with Gasteiger partial charge in [0.05, 0.1) is 24.9 Å². The van der Waals surface area contributed by atoms with E-state index in [1.165, 1.54) is 37.6 Å². The number of nitro benzene ring substituents is 1. The normalized spacial score (nSPS) is 10.7. The summed E-state index contributed by atoms with van der Waals surface area (Å²) in [4.78, 5) is 35.9. The zero-order valence-electron chi connectivity index (χ0n) is 17.7. The molecule has 2 aromatic carbocycles. The second-order valence-electron chi connectivity index (χ2n) is 6.39. The Morgan fingerprint density at radius 1 is 1.15 bits per heavy atom. The predicted molar refractivity (Wildman–Crippen MR) is 115 cm³/mol. The summed E-state index contributed by atoms with van der Waals surface area (Å²) < 4.78 is 15.6. The number of hydrogen-bond donors (Lipinski definition) is 0. The summed E-state index contributed by atoms with van der Waals surface area (Å²) in [5.74, 6) is -0.742. The molecule has 12 nitrogen and oxygen atoms in total. The lowest BCUT2D eigenvalue weighted by atomic mass is 10.1. The SMILES string of the molecule is CCOC(=O)c1nnn(N=Cc2ccc([N+](=O)[O-])cc2)c1OCC(=O)c1ccc(OC)cc1. The highest BCUT2D eigenvalue weighted by atomic mass is 16.6. The molecule has 0 spiro atoms. The molecule has 0 unspecified atom stereocenters. The van der Waals surface area contributed by atoms with Gasteiger partial charge in [0.2, 0.25) is 5.69 Å². The molecule has 0 amide bonds. The number of ether oxygens (including phenoxy) is 3. The van der Waals surface area contributed by atoms with Crippen LogP contribution in [0.3, 0.4) is 0 Å². The van der Waals surface area contributed by atoms with E-state index >= 15 is 0 Å². The molecule has 170 valence electrons. The molecule has 0 aliphatic heterocycles. The molecule has 1 aromatic heterocycles. The van der Waals surface area contributed by atoms with Gasteiger partial charge >= 0.3 is 5.97 Å². The van der Waals surface area contributed by atoms with Gasteiger partial charge in [-0.1, -0.05) is 4.79 Å². The van der Waals surface area contributed by atoms with E-state index in [0.717, 1.165) is 4.79 Å². The van der Waals surface area contributed by atoms with Crippen molar-refractivity contribution in [1.29, 1.82) is 0 Å². The molecule has 0 bridgehead atoms. The number of carbonyl (C=O) groups is 2. The molecular weight excluding hydrogens is 434 g/mol. The lowest BCUT2D eigenvalue weighted by Gasteiger charge is -2.07. The number of hydrogen-bond acceptors (Lipinski definition) is 10. The van der Waals surface area contributed by atoms with E-state index in [4.69, 9.17) is 14.2 Å². The Bertz CT molecular complexity index is 1170. The number of nitrogens with zero attached hydrogens (tertiary/aromatic N) is 5. The van der Waals surface area contributed by atoms with Gasteiger partial charge in [-0.25, -0.2) is 4.79 Å². The van der Waals surface area contributed by atoms with Crippen molar-refractivity contribution < 1.29 is 28.7 Å². The van der Waals surface area contributed by atoms with Gasteiger partial charge in [0.15, 0.2) is 12.4 Å². The Balaban J connectivity index is 1.81. The molecule has 1 heterocycles. The molecule has 3 rings (SSSR count). The highest BCUT2D eigenvalue weighted by molar-refractivity contribution is 5.97. The summed E-state index contributed by atoms with van der Waals surface area (Å²) in [6.07, 6.45) is 1.34. The van der Waals surface area contributed by atoms with Gasteiger partial charge in [-0.3, -0.25) is 14.9 Å². The summed E-state index contributed by atoms with van der Waals surface area (Å²) in [7, 11) is 1.52. The number of carbonyl (C=O) groups excluding carboxylic acids is 2. The average molecular weight is 453 g/mol. The van der Waals surface area contributed by atoms with Gasteiger partial charge < -0.3 is 14.2 Å². The van der Waals surface area contributed by atoms with E-state index in [1.807, 2.05) is 0 Å². The smallest absolute Gasteiger partial charge is 0.364 e. The molecule has 0 saturated carbocycles. The fourth-order valence-electron chi connectivity index (χ4n) is 2.59. The van der Waals surface area contributed by atoms with Crippen LogP contribution in [-0.4, -0.2) is 58.3 Å². The summed E-state index contributed by atoms with van der Waals surface area (Å²) in [5.41, 5.74) is 0.578. The Hall–Kier alpha value is -4.61. The topological polar surface area (TPSA) is 148 Å². The average Bonchev–Trinajstić information content (AvgIpc) is 3.24. The summed E-state index contributed by atoms with van der Waals surface area (Å²) in [6.45, 7) is 1.31. The lowest BCUT2D eigenvalue weighted by molar-refractivity contribution is -0.384. The number of rotatable bonds is 10. The number of benzene rings is 2. The quantitative estimate of drug-likeness (QED) is 0.148. The Morgan fingerprint density at radius 2 is 1.85 bits per heavy atom. The lowest BCUT2D eigenvalue weighted by Crippen LogP contribution is -2.15. The number of non-ortho nitro benzene ring substituents is 1. The molecule has 0 fully saturated rings. The highest BCUT2D eigenvalue weighted by Crippen LogP contribution is 2.19. The van der Waals surface area contributed by atoms with Gasteiger partial charge in [-0.2, -0.15) is 5.10 Å². The number of ketones is 1. The number of methoxy groups -OCH3 is 1. The fraction of sp³-hybridized carbons (Fsp3) is 0.190. The maximum Gasteiger partial charge on any atom is 0.364 e. The van der Waals surface area contributed by atoms with Crippen molar-refractivity contribution in [1.82, 2.24) is 15.1 Å². The van der Waals surface area contributed by atoms with Crippen LogP contribution in [-0.2, 0) is 4.74 Å². The van der Waals surface area contributed by atoms with E-state index in [-0.39, 0.29) is 29.7 Å². The van der Waals surface area contributed by atoms with Crippen LogP contribution < -0.4 is 9.47 Å². The number of aromatic nitrogens is 3. The molecule has 12 heteroatoms. The van der Waals surface area contributed by atoms with Crippen molar-refractivity contribution in [2.45, 2.75) is 6.92 Å². The van der Waals surface area contributed by atoms with Gasteiger partial charge in [-0.05, 0) is 54.1 Å². The second kappa shape index (κ2) is 10.6. The first kappa shape index (κ1) is 23.1. The van der Waals surface area contributed by atoms with Gasteiger partial charge in [-0.15, -0.1) is 5.10 Å². The third kappa shape index (κ3) is 5.76. The predicted octanol–water partition coefficient (Wildman–Crippen LogP) is 2.52. The van der Waals surface area contributed by atoms with Crippen LogP contribution in [0.5, 0.6) is 11.6 Å². The molecule has 0 aliphatic rings. The first-order valence-corrected chi connectivity index (χ1v) is 9.64. The zero-order chi connectivity index (χ0) is 23.8. The minimum absolute atomic E-state index is 0.0708. The zero-order valence-corrected chi connectivity index (χ0v) is 17.7. The van der Waals surface area contributed by atoms with E-state index < -0.39 is 17.5 Å². The van der Waals surface area contributed by atoms with Crippen LogP contribution in [0.25, 0.3) is 0 Å². The summed E-state index contributed by atoms with van der Waals surface area (Å²) in [6, 6.07) is 12.0. The van der Waals surface area contributed by atoms with E-state index in [0.29, 0.717) is 16.9 Å². The van der Waals surface area contributed by atoms with Gasteiger partial charge in [0.1, 0.15) is 5.75 Å². The summed E-state index contributed by atoms with van der Waals surface area (Å²) in [5, 5.41) is 22.3.